The Morgan fingerprint density at radius 2 is 1.86 bits per heavy atom. The quantitative estimate of drug-likeness (QED) is 0.386. The molecule has 0 radical (unpaired) electrons. The molecule has 2 heterocycles. The van der Waals surface area contributed by atoms with Crippen molar-refractivity contribution in [2.45, 2.75) is 38.1 Å². The number of piperidine rings is 1. The largest absolute Gasteiger partial charge is 0.453 e. The number of rotatable bonds is 8. The number of hydrogen-bond donors (Lipinski definition) is 0. The zero-order valence-electron chi connectivity index (χ0n) is 21.1. The van der Waals surface area contributed by atoms with E-state index >= 15 is 0 Å². The second kappa shape index (κ2) is 13.6. The smallest absolute Gasteiger partial charge is 0.409 e. The first-order valence-electron chi connectivity index (χ1n) is 12.5. The molecule has 3 amide bonds. The first-order valence-corrected chi connectivity index (χ1v) is 12.9. The maximum absolute atomic E-state index is 13.3. The Balaban J connectivity index is 1.36. The summed E-state index contributed by atoms with van der Waals surface area (Å²) in [6, 6.07) is 4.51. The van der Waals surface area contributed by atoms with Gasteiger partial charge in [0, 0.05) is 64.9 Å². The molecule has 0 bridgehead atoms. The number of benzene rings is 1. The first-order chi connectivity index (χ1) is 17.3. The molecule has 2 fully saturated rings. The summed E-state index contributed by atoms with van der Waals surface area (Å²) in [4.78, 5) is 44.5. The lowest BCUT2D eigenvalue weighted by atomic mass is 10.0. The molecule has 10 heteroatoms. The van der Waals surface area contributed by atoms with Crippen molar-refractivity contribution in [2.24, 2.45) is 0 Å². The molecule has 2 saturated heterocycles. The minimum atomic E-state index is -0.501. The monoisotopic (exact) mass is 522 g/mol. The van der Waals surface area contributed by atoms with Crippen LogP contribution in [0.3, 0.4) is 0 Å². The Hall–Kier alpha value is -2.65. The predicted octanol–water partition coefficient (Wildman–Crippen LogP) is 3.50. The van der Waals surface area contributed by atoms with Crippen molar-refractivity contribution in [3.05, 3.63) is 40.7 Å². The van der Waals surface area contributed by atoms with E-state index in [-0.39, 0.29) is 29.0 Å². The van der Waals surface area contributed by atoms with Crippen LogP contribution in [0.2, 0.25) is 5.02 Å². The van der Waals surface area contributed by atoms with Gasteiger partial charge in [-0.1, -0.05) is 17.7 Å². The number of halogens is 2. The summed E-state index contributed by atoms with van der Waals surface area (Å²) >= 11 is 5.79. The van der Waals surface area contributed by atoms with Crippen LogP contribution < -0.4 is 0 Å². The van der Waals surface area contributed by atoms with Crippen LogP contribution in [0.1, 0.15) is 37.7 Å². The topological polar surface area (TPSA) is 73.4 Å². The van der Waals surface area contributed by atoms with Gasteiger partial charge in [-0.05, 0) is 56.0 Å². The molecule has 0 atom stereocenters. The van der Waals surface area contributed by atoms with Crippen LogP contribution in [0.5, 0.6) is 0 Å². The van der Waals surface area contributed by atoms with Crippen LogP contribution in [-0.4, -0.2) is 104 Å². The Bertz CT molecular complexity index is 952. The van der Waals surface area contributed by atoms with Gasteiger partial charge < -0.3 is 24.3 Å². The molecule has 0 N–H and O–H groups in total. The number of amides is 3. The summed E-state index contributed by atoms with van der Waals surface area (Å²) in [6.45, 7) is 4.95. The van der Waals surface area contributed by atoms with E-state index in [9.17, 15) is 18.8 Å². The number of hydrogen-bond acceptors (Lipinski definition) is 5. The Morgan fingerprint density at radius 1 is 1.14 bits per heavy atom. The zero-order chi connectivity index (χ0) is 26.1. The van der Waals surface area contributed by atoms with Crippen LogP contribution in [0, 0.1) is 5.82 Å². The molecule has 0 aromatic heterocycles. The number of ether oxygens (including phenoxy) is 1. The van der Waals surface area contributed by atoms with Gasteiger partial charge in [0.15, 0.2) is 0 Å². The van der Waals surface area contributed by atoms with Gasteiger partial charge in [-0.2, -0.15) is 0 Å². The van der Waals surface area contributed by atoms with Gasteiger partial charge in [0.1, 0.15) is 5.82 Å². The number of carbonyl (C=O) groups excluding carboxylic acids is 3. The fourth-order valence-electron chi connectivity index (χ4n) is 4.67. The third kappa shape index (κ3) is 7.93. The van der Waals surface area contributed by atoms with Gasteiger partial charge in [-0.15, -0.1) is 0 Å². The molecule has 3 rings (SSSR count). The predicted molar refractivity (Wildman–Crippen MR) is 137 cm³/mol. The summed E-state index contributed by atoms with van der Waals surface area (Å²) < 4.78 is 18.1. The maximum atomic E-state index is 13.3. The lowest BCUT2D eigenvalue weighted by Crippen LogP contribution is -2.45. The van der Waals surface area contributed by atoms with Crippen molar-refractivity contribution in [1.82, 2.24) is 19.6 Å². The van der Waals surface area contributed by atoms with E-state index in [1.165, 1.54) is 25.3 Å². The van der Waals surface area contributed by atoms with Crippen molar-refractivity contribution in [2.75, 3.05) is 60.0 Å². The summed E-state index contributed by atoms with van der Waals surface area (Å²) in [7, 11) is 3.19. The standard InChI is InChI=1S/C26H36ClFN4O4/c1-29(26(35)36-2)21-9-14-30(15-10-21)12-3-4-13-31-17-18-32(16-11-25(31)34)24(33)8-6-20-5-7-23(28)22(27)19-20/h5-8,19,21H,3-4,9-18H2,1-2H3/b8-6+. The molecule has 0 aliphatic carbocycles. The number of carbonyl (C=O) groups is 3. The van der Waals surface area contributed by atoms with E-state index in [1.807, 2.05) is 4.90 Å². The van der Waals surface area contributed by atoms with Gasteiger partial charge in [0.05, 0.1) is 12.1 Å². The third-order valence-electron chi connectivity index (χ3n) is 6.98. The Morgan fingerprint density at radius 3 is 2.56 bits per heavy atom. The molecule has 1 aromatic carbocycles. The highest BCUT2D eigenvalue weighted by atomic mass is 35.5. The van der Waals surface area contributed by atoms with Gasteiger partial charge in [-0.3, -0.25) is 9.59 Å². The SMILES string of the molecule is COC(=O)N(C)C1CCN(CCCCN2CCN(C(=O)/C=C/c3ccc(F)c(Cl)c3)CCC2=O)CC1. The normalized spacial score (nSPS) is 17.9. The minimum absolute atomic E-state index is 0.0104. The molecule has 0 saturated carbocycles. The molecule has 2 aliphatic rings. The van der Waals surface area contributed by atoms with Crippen molar-refractivity contribution in [3.8, 4) is 0 Å². The molecule has 2 aliphatic heterocycles. The van der Waals surface area contributed by atoms with E-state index in [0.717, 1.165) is 45.3 Å². The number of unbranched alkanes of at least 4 members (excludes halogenated alkanes) is 1. The summed E-state index contributed by atoms with van der Waals surface area (Å²) in [5, 5.41) is 0.0104. The second-order valence-corrected chi connectivity index (χ2v) is 9.73. The van der Waals surface area contributed by atoms with Gasteiger partial charge in [-0.25, -0.2) is 9.18 Å². The number of nitrogens with zero attached hydrogens (tertiary/aromatic N) is 4. The number of methoxy groups -OCH3 is 1. The van der Waals surface area contributed by atoms with Gasteiger partial charge >= 0.3 is 6.09 Å². The molecule has 198 valence electrons. The molecule has 36 heavy (non-hydrogen) atoms. The average molecular weight is 523 g/mol. The molecule has 8 nitrogen and oxygen atoms in total. The molecule has 0 unspecified atom stereocenters. The summed E-state index contributed by atoms with van der Waals surface area (Å²) in [5.74, 6) is -0.600. The maximum Gasteiger partial charge on any atom is 0.409 e. The van der Waals surface area contributed by atoms with E-state index in [1.54, 1.807) is 29.0 Å². The van der Waals surface area contributed by atoms with Crippen molar-refractivity contribution < 1.29 is 23.5 Å². The van der Waals surface area contributed by atoms with Crippen molar-refractivity contribution >= 4 is 35.6 Å². The van der Waals surface area contributed by atoms with Crippen LogP contribution in [0.15, 0.2) is 24.3 Å². The molecular weight excluding hydrogens is 487 g/mol. The third-order valence-corrected chi connectivity index (χ3v) is 7.27. The van der Waals surface area contributed by atoms with E-state index in [0.29, 0.717) is 38.2 Å². The first kappa shape index (κ1) is 27.9. The van der Waals surface area contributed by atoms with E-state index in [2.05, 4.69) is 4.90 Å². The fourth-order valence-corrected chi connectivity index (χ4v) is 4.86. The lowest BCUT2D eigenvalue weighted by Gasteiger charge is -2.36. The summed E-state index contributed by atoms with van der Waals surface area (Å²) in [5.41, 5.74) is 0.641. The van der Waals surface area contributed by atoms with Gasteiger partial charge in [0.25, 0.3) is 0 Å². The highest BCUT2D eigenvalue weighted by Crippen LogP contribution is 2.18. The molecule has 0 spiro atoms. The second-order valence-electron chi connectivity index (χ2n) is 9.32. The van der Waals surface area contributed by atoms with Crippen molar-refractivity contribution in [3.63, 3.8) is 0 Å². The average Bonchev–Trinajstić information content (AvgIpc) is 3.07. The zero-order valence-corrected chi connectivity index (χ0v) is 21.9. The molecule has 1 aromatic rings. The van der Waals surface area contributed by atoms with Crippen molar-refractivity contribution in [1.29, 1.82) is 0 Å². The van der Waals surface area contributed by atoms with Crippen LogP contribution in [-0.2, 0) is 14.3 Å². The number of likely N-dealkylation sites (tertiary alicyclic amines) is 1. The fraction of sp³-hybridized carbons (Fsp3) is 0.577. The molecular formula is C26H36ClFN4O4. The van der Waals surface area contributed by atoms with E-state index < -0.39 is 5.82 Å². The Labute approximate surface area is 217 Å². The van der Waals surface area contributed by atoms with Crippen LogP contribution >= 0.6 is 11.6 Å². The van der Waals surface area contributed by atoms with Crippen LogP contribution in [0.25, 0.3) is 6.08 Å². The highest BCUT2D eigenvalue weighted by Gasteiger charge is 2.26. The summed E-state index contributed by atoms with van der Waals surface area (Å²) in [6.07, 6.45) is 6.84. The van der Waals surface area contributed by atoms with Crippen LogP contribution in [0.4, 0.5) is 9.18 Å². The highest BCUT2D eigenvalue weighted by molar-refractivity contribution is 6.30. The van der Waals surface area contributed by atoms with E-state index in [4.69, 9.17) is 16.3 Å². The minimum Gasteiger partial charge on any atom is -0.453 e. The van der Waals surface area contributed by atoms with Gasteiger partial charge in [0.2, 0.25) is 11.8 Å². The lowest BCUT2D eigenvalue weighted by molar-refractivity contribution is -0.130. The Kier molecular flexibility index (Phi) is 10.6.